The van der Waals surface area contributed by atoms with Crippen molar-refractivity contribution in [3.05, 3.63) is 29.3 Å². The topological polar surface area (TPSA) is 21.3 Å². The highest BCUT2D eigenvalue weighted by Gasteiger charge is 2.18. The van der Waals surface area contributed by atoms with Crippen molar-refractivity contribution < 1.29 is 4.74 Å². The summed E-state index contributed by atoms with van der Waals surface area (Å²) >= 11 is 6.05. The van der Waals surface area contributed by atoms with Gasteiger partial charge in [-0.15, -0.1) is 0 Å². The Morgan fingerprint density at radius 1 is 1.50 bits per heavy atom. The highest BCUT2D eigenvalue weighted by molar-refractivity contribution is 6.32. The Balaban J connectivity index is 1.86. The minimum absolute atomic E-state index is 0.227. The number of para-hydroxylation sites is 1. The van der Waals surface area contributed by atoms with Crippen molar-refractivity contribution in [2.24, 2.45) is 5.92 Å². The largest absolute Gasteiger partial charge is 0.489 e. The molecule has 2 atom stereocenters. The zero-order valence-corrected chi connectivity index (χ0v) is 10.3. The summed E-state index contributed by atoms with van der Waals surface area (Å²) in [5.74, 6) is 1.54. The van der Waals surface area contributed by atoms with Crippen molar-refractivity contribution in [1.29, 1.82) is 0 Å². The number of nitrogens with one attached hydrogen (secondary N) is 1. The summed E-state index contributed by atoms with van der Waals surface area (Å²) in [6.07, 6.45) is 2.58. The molecule has 1 aliphatic heterocycles. The zero-order valence-electron chi connectivity index (χ0n) is 9.58. The van der Waals surface area contributed by atoms with Gasteiger partial charge in [0.15, 0.2) is 0 Å². The number of rotatable bonds is 4. The van der Waals surface area contributed by atoms with E-state index in [4.69, 9.17) is 16.3 Å². The molecule has 0 radical (unpaired) electrons. The summed E-state index contributed by atoms with van der Waals surface area (Å²) < 4.78 is 5.85. The van der Waals surface area contributed by atoms with E-state index in [-0.39, 0.29) is 6.10 Å². The fourth-order valence-corrected chi connectivity index (χ4v) is 2.37. The average molecular weight is 240 g/mol. The van der Waals surface area contributed by atoms with Gasteiger partial charge in [0, 0.05) is 0 Å². The van der Waals surface area contributed by atoms with Crippen LogP contribution in [0.2, 0.25) is 5.02 Å². The minimum Gasteiger partial charge on any atom is -0.489 e. The van der Waals surface area contributed by atoms with Crippen LogP contribution >= 0.6 is 11.6 Å². The molecule has 2 unspecified atom stereocenters. The maximum Gasteiger partial charge on any atom is 0.138 e. The van der Waals surface area contributed by atoms with Crippen LogP contribution < -0.4 is 10.1 Å². The third kappa shape index (κ3) is 3.13. The van der Waals surface area contributed by atoms with Gasteiger partial charge in [-0.05, 0) is 50.9 Å². The number of benzene rings is 1. The molecule has 0 aromatic heterocycles. The molecule has 0 aliphatic carbocycles. The van der Waals surface area contributed by atoms with Crippen LogP contribution in [0.1, 0.15) is 19.8 Å². The lowest BCUT2D eigenvalue weighted by atomic mass is 10.0. The van der Waals surface area contributed by atoms with Gasteiger partial charge < -0.3 is 10.1 Å². The molecule has 3 heteroatoms. The van der Waals surface area contributed by atoms with E-state index >= 15 is 0 Å². The predicted octanol–water partition coefficient (Wildman–Crippen LogP) is 3.11. The van der Waals surface area contributed by atoms with Crippen molar-refractivity contribution in [3.8, 4) is 5.75 Å². The maximum atomic E-state index is 6.05. The van der Waals surface area contributed by atoms with Gasteiger partial charge in [0.25, 0.3) is 0 Å². The third-order valence-electron chi connectivity index (χ3n) is 2.99. The molecule has 2 nitrogen and oxygen atoms in total. The lowest BCUT2D eigenvalue weighted by Crippen LogP contribution is -2.19. The van der Waals surface area contributed by atoms with Crippen LogP contribution in [0.3, 0.4) is 0 Å². The molecular formula is C13H18ClNO. The molecule has 1 aromatic rings. The Labute approximate surface area is 102 Å². The van der Waals surface area contributed by atoms with E-state index in [2.05, 4.69) is 12.2 Å². The van der Waals surface area contributed by atoms with Gasteiger partial charge in [0.05, 0.1) is 11.1 Å². The highest BCUT2D eigenvalue weighted by Crippen LogP contribution is 2.26. The monoisotopic (exact) mass is 239 g/mol. The van der Waals surface area contributed by atoms with Gasteiger partial charge in [-0.2, -0.15) is 0 Å². The fourth-order valence-electron chi connectivity index (χ4n) is 2.19. The molecule has 0 bridgehead atoms. The van der Waals surface area contributed by atoms with Crippen molar-refractivity contribution in [1.82, 2.24) is 5.32 Å². The fraction of sp³-hybridized carbons (Fsp3) is 0.538. The highest BCUT2D eigenvalue weighted by atomic mass is 35.5. The zero-order chi connectivity index (χ0) is 11.4. The third-order valence-corrected chi connectivity index (χ3v) is 3.30. The standard InChI is InChI=1S/C13H18ClNO/c1-10(8-11-6-7-15-9-11)16-13-5-3-2-4-12(13)14/h2-5,10-11,15H,6-9H2,1H3. The molecule has 0 saturated carbocycles. The Bertz CT molecular complexity index is 336. The Hall–Kier alpha value is -0.730. The predicted molar refractivity (Wildman–Crippen MR) is 67.1 cm³/mol. The van der Waals surface area contributed by atoms with Crippen LogP contribution in [0.5, 0.6) is 5.75 Å². The van der Waals surface area contributed by atoms with Crippen molar-refractivity contribution in [2.75, 3.05) is 13.1 Å². The summed E-state index contributed by atoms with van der Waals surface area (Å²) in [5, 5.41) is 4.06. The lowest BCUT2D eigenvalue weighted by molar-refractivity contribution is 0.189. The molecule has 1 N–H and O–H groups in total. The average Bonchev–Trinajstić information content (AvgIpc) is 2.74. The van der Waals surface area contributed by atoms with Crippen LogP contribution in [0.15, 0.2) is 24.3 Å². The van der Waals surface area contributed by atoms with E-state index < -0.39 is 0 Å². The number of ether oxygens (including phenoxy) is 1. The van der Waals surface area contributed by atoms with Crippen LogP contribution in [-0.2, 0) is 0 Å². The quantitative estimate of drug-likeness (QED) is 0.872. The second-order valence-electron chi connectivity index (χ2n) is 4.45. The summed E-state index contributed by atoms with van der Waals surface area (Å²) in [6, 6.07) is 7.65. The van der Waals surface area contributed by atoms with E-state index in [0.29, 0.717) is 5.02 Å². The SMILES string of the molecule is CC(CC1CCNC1)Oc1ccccc1Cl. The van der Waals surface area contributed by atoms with Gasteiger partial charge in [-0.3, -0.25) is 0 Å². The Morgan fingerprint density at radius 3 is 3.00 bits per heavy atom. The number of hydrogen-bond acceptors (Lipinski definition) is 2. The Kier molecular flexibility index (Phi) is 4.08. The first-order chi connectivity index (χ1) is 7.75. The van der Waals surface area contributed by atoms with E-state index in [9.17, 15) is 0 Å². The van der Waals surface area contributed by atoms with Gasteiger partial charge >= 0.3 is 0 Å². The van der Waals surface area contributed by atoms with Gasteiger partial charge in [-0.1, -0.05) is 23.7 Å². The van der Waals surface area contributed by atoms with Crippen LogP contribution in [0.4, 0.5) is 0 Å². The number of halogens is 1. The molecule has 1 aliphatic rings. The summed E-state index contributed by atoms with van der Waals surface area (Å²) in [5.41, 5.74) is 0. The number of hydrogen-bond donors (Lipinski definition) is 1. The minimum atomic E-state index is 0.227. The first-order valence-electron chi connectivity index (χ1n) is 5.87. The molecule has 1 fully saturated rings. The normalized spacial score (nSPS) is 22.0. The van der Waals surface area contributed by atoms with E-state index in [1.807, 2.05) is 24.3 Å². The second kappa shape index (κ2) is 5.55. The lowest BCUT2D eigenvalue weighted by Gasteiger charge is -2.18. The first-order valence-corrected chi connectivity index (χ1v) is 6.25. The maximum absolute atomic E-state index is 6.05. The van der Waals surface area contributed by atoms with Gasteiger partial charge in [0.1, 0.15) is 5.75 Å². The van der Waals surface area contributed by atoms with Gasteiger partial charge in [-0.25, -0.2) is 0 Å². The van der Waals surface area contributed by atoms with E-state index in [1.54, 1.807) is 0 Å². The van der Waals surface area contributed by atoms with E-state index in [0.717, 1.165) is 31.2 Å². The molecule has 1 saturated heterocycles. The molecule has 0 amide bonds. The molecule has 88 valence electrons. The van der Waals surface area contributed by atoms with Crippen molar-refractivity contribution in [3.63, 3.8) is 0 Å². The molecule has 16 heavy (non-hydrogen) atoms. The molecule has 1 heterocycles. The van der Waals surface area contributed by atoms with E-state index in [1.165, 1.54) is 6.42 Å². The summed E-state index contributed by atoms with van der Waals surface area (Å²) in [7, 11) is 0. The molecule has 2 rings (SSSR count). The Morgan fingerprint density at radius 2 is 2.31 bits per heavy atom. The summed E-state index contributed by atoms with van der Waals surface area (Å²) in [6.45, 7) is 4.38. The van der Waals surface area contributed by atoms with Crippen LogP contribution in [0, 0.1) is 5.92 Å². The molecular weight excluding hydrogens is 222 g/mol. The smallest absolute Gasteiger partial charge is 0.138 e. The van der Waals surface area contributed by atoms with Gasteiger partial charge in [0.2, 0.25) is 0 Å². The molecule has 1 aromatic carbocycles. The van der Waals surface area contributed by atoms with Crippen LogP contribution in [-0.4, -0.2) is 19.2 Å². The molecule has 0 spiro atoms. The second-order valence-corrected chi connectivity index (χ2v) is 4.86. The van der Waals surface area contributed by atoms with Crippen LogP contribution in [0.25, 0.3) is 0 Å². The summed E-state index contributed by atoms with van der Waals surface area (Å²) in [4.78, 5) is 0. The van der Waals surface area contributed by atoms with Crippen molar-refractivity contribution >= 4 is 11.6 Å². The first kappa shape index (κ1) is 11.7. The van der Waals surface area contributed by atoms with Crippen molar-refractivity contribution in [2.45, 2.75) is 25.9 Å².